The minimum Gasteiger partial charge on any atom is -0.469 e. The number of carbonyl (C=O) groups is 1. The third kappa shape index (κ3) is 4.48. The molecule has 2 atom stereocenters. The summed E-state index contributed by atoms with van der Waals surface area (Å²) in [6, 6.07) is 2.61. The molecule has 2 unspecified atom stereocenters. The second-order valence-corrected chi connectivity index (χ2v) is 5.26. The number of esters is 1. The van der Waals surface area contributed by atoms with Crippen LogP contribution >= 0.6 is 11.6 Å². The Morgan fingerprint density at radius 2 is 2.16 bits per heavy atom. The first-order chi connectivity index (χ1) is 8.85. The largest absolute Gasteiger partial charge is 0.469 e. The summed E-state index contributed by atoms with van der Waals surface area (Å²) in [7, 11) is 1.36. The topological polar surface area (TPSA) is 52.3 Å². The molecule has 106 valence electrons. The van der Waals surface area contributed by atoms with Crippen LogP contribution < -0.4 is 5.73 Å². The van der Waals surface area contributed by atoms with Gasteiger partial charge in [0.2, 0.25) is 0 Å². The molecule has 0 fully saturated rings. The molecule has 0 aliphatic heterocycles. The fraction of sp³-hybridized carbons (Fsp3) is 0.500. The minimum atomic E-state index is -0.344. The summed E-state index contributed by atoms with van der Waals surface area (Å²) in [4.78, 5) is 11.2. The van der Waals surface area contributed by atoms with Crippen molar-refractivity contribution in [3.63, 3.8) is 0 Å². The molecule has 0 aliphatic rings. The maximum absolute atomic E-state index is 13.3. The number of carbonyl (C=O) groups excluding carboxylic acids is 1. The van der Waals surface area contributed by atoms with E-state index in [-0.39, 0.29) is 23.7 Å². The number of halogens is 2. The van der Waals surface area contributed by atoms with Crippen LogP contribution in [0.5, 0.6) is 0 Å². The summed E-state index contributed by atoms with van der Waals surface area (Å²) < 4.78 is 17.9. The number of hydrogen-bond acceptors (Lipinski definition) is 3. The van der Waals surface area contributed by atoms with E-state index < -0.39 is 0 Å². The van der Waals surface area contributed by atoms with E-state index in [9.17, 15) is 9.18 Å². The molecule has 0 heterocycles. The van der Waals surface area contributed by atoms with Gasteiger partial charge in [0.25, 0.3) is 0 Å². The van der Waals surface area contributed by atoms with E-state index in [1.807, 2.05) is 6.92 Å². The van der Waals surface area contributed by atoms with E-state index in [0.717, 1.165) is 0 Å². The Hall–Kier alpha value is -1.13. The Morgan fingerprint density at radius 1 is 1.53 bits per heavy atom. The molecule has 0 aliphatic carbocycles. The monoisotopic (exact) mass is 287 g/mol. The Labute approximate surface area is 117 Å². The highest BCUT2D eigenvalue weighted by Crippen LogP contribution is 2.29. The van der Waals surface area contributed by atoms with Gasteiger partial charge < -0.3 is 10.5 Å². The lowest BCUT2D eigenvalue weighted by Gasteiger charge is -2.18. The fourth-order valence-electron chi connectivity index (χ4n) is 1.98. The third-order valence-electron chi connectivity index (χ3n) is 3.08. The number of nitrogens with two attached hydrogens (primary N) is 1. The maximum atomic E-state index is 13.3. The molecular formula is C14H19ClFNO2. The molecular weight excluding hydrogens is 269 g/mol. The fourth-order valence-corrected chi connectivity index (χ4v) is 2.27. The molecule has 1 aromatic carbocycles. The van der Waals surface area contributed by atoms with Gasteiger partial charge in [-0.25, -0.2) is 4.39 Å². The van der Waals surface area contributed by atoms with Crippen LogP contribution in [0.25, 0.3) is 0 Å². The molecule has 1 rings (SSSR count). The van der Waals surface area contributed by atoms with E-state index in [1.54, 1.807) is 13.0 Å². The third-order valence-corrected chi connectivity index (χ3v) is 3.40. The predicted molar refractivity (Wildman–Crippen MR) is 73.5 cm³/mol. The van der Waals surface area contributed by atoms with Crippen LogP contribution in [0.1, 0.15) is 36.9 Å². The van der Waals surface area contributed by atoms with Crippen LogP contribution in [0.2, 0.25) is 5.02 Å². The first-order valence-electron chi connectivity index (χ1n) is 6.13. The van der Waals surface area contributed by atoms with Gasteiger partial charge in [-0.3, -0.25) is 4.79 Å². The van der Waals surface area contributed by atoms with Crippen LogP contribution in [-0.4, -0.2) is 13.1 Å². The summed E-state index contributed by atoms with van der Waals surface area (Å²) in [5, 5.41) is 0.320. The van der Waals surface area contributed by atoms with Gasteiger partial charge in [0, 0.05) is 17.5 Å². The molecule has 0 aromatic heterocycles. The van der Waals surface area contributed by atoms with E-state index in [1.165, 1.54) is 13.2 Å². The lowest BCUT2D eigenvalue weighted by atomic mass is 9.93. The number of hydrogen-bond donors (Lipinski definition) is 1. The number of benzene rings is 1. The average Bonchev–Trinajstić information content (AvgIpc) is 2.33. The van der Waals surface area contributed by atoms with Crippen molar-refractivity contribution in [2.45, 2.75) is 32.7 Å². The molecule has 1 aromatic rings. The zero-order valence-electron chi connectivity index (χ0n) is 11.4. The van der Waals surface area contributed by atoms with Crippen molar-refractivity contribution in [1.82, 2.24) is 0 Å². The molecule has 0 saturated carbocycles. The number of ether oxygens (including phenoxy) is 1. The second-order valence-electron chi connectivity index (χ2n) is 4.85. The van der Waals surface area contributed by atoms with E-state index >= 15 is 0 Å². The van der Waals surface area contributed by atoms with Crippen molar-refractivity contribution in [2.24, 2.45) is 11.7 Å². The summed E-state index contributed by atoms with van der Waals surface area (Å²) in [6.45, 7) is 3.58. The first-order valence-corrected chi connectivity index (χ1v) is 6.50. The van der Waals surface area contributed by atoms with Gasteiger partial charge in [0.1, 0.15) is 5.82 Å². The van der Waals surface area contributed by atoms with Crippen molar-refractivity contribution < 1.29 is 13.9 Å². The van der Waals surface area contributed by atoms with Gasteiger partial charge in [-0.2, -0.15) is 0 Å². The Bertz CT molecular complexity index is 465. The van der Waals surface area contributed by atoms with Crippen LogP contribution in [0, 0.1) is 18.7 Å². The summed E-state index contributed by atoms with van der Waals surface area (Å²) >= 11 is 6.00. The van der Waals surface area contributed by atoms with Crippen molar-refractivity contribution in [2.75, 3.05) is 7.11 Å². The summed E-state index contributed by atoms with van der Waals surface area (Å²) in [5.41, 5.74) is 7.29. The van der Waals surface area contributed by atoms with Gasteiger partial charge in [0.15, 0.2) is 0 Å². The van der Waals surface area contributed by atoms with Crippen LogP contribution in [0.4, 0.5) is 4.39 Å². The Morgan fingerprint density at radius 3 is 2.74 bits per heavy atom. The molecule has 0 amide bonds. The standard InChI is InChI=1S/C14H19ClFNO2/c1-8(5-14(18)19-3)4-13(17)10-6-9(2)12(16)7-11(10)15/h6-8,13H,4-5,17H2,1-3H3. The highest BCUT2D eigenvalue weighted by Gasteiger charge is 2.18. The zero-order chi connectivity index (χ0) is 14.6. The summed E-state index contributed by atoms with van der Waals surface area (Å²) in [5.74, 6) is -0.534. The normalized spacial score (nSPS) is 14.0. The Balaban J connectivity index is 2.75. The first kappa shape index (κ1) is 15.9. The minimum absolute atomic E-state index is 0.0730. The van der Waals surface area contributed by atoms with Crippen LogP contribution in [-0.2, 0) is 9.53 Å². The molecule has 0 bridgehead atoms. The van der Waals surface area contributed by atoms with Crippen molar-refractivity contribution in [3.05, 3.63) is 34.1 Å². The van der Waals surface area contributed by atoms with E-state index in [4.69, 9.17) is 17.3 Å². The van der Waals surface area contributed by atoms with E-state index in [0.29, 0.717) is 29.0 Å². The quantitative estimate of drug-likeness (QED) is 0.845. The van der Waals surface area contributed by atoms with Crippen molar-refractivity contribution >= 4 is 17.6 Å². The van der Waals surface area contributed by atoms with Crippen molar-refractivity contribution in [1.29, 1.82) is 0 Å². The van der Waals surface area contributed by atoms with Crippen molar-refractivity contribution in [3.8, 4) is 0 Å². The van der Waals surface area contributed by atoms with Gasteiger partial charge in [0.05, 0.1) is 7.11 Å². The van der Waals surface area contributed by atoms with Gasteiger partial charge >= 0.3 is 5.97 Å². The molecule has 0 saturated heterocycles. The molecule has 2 N–H and O–H groups in total. The van der Waals surface area contributed by atoms with Crippen LogP contribution in [0.3, 0.4) is 0 Å². The van der Waals surface area contributed by atoms with Crippen LogP contribution in [0.15, 0.2) is 12.1 Å². The molecule has 0 spiro atoms. The number of aryl methyl sites for hydroxylation is 1. The SMILES string of the molecule is COC(=O)CC(C)CC(N)c1cc(C)c(F)cc1Cl. The predicted octanol–water partition coefficient (Wildman–Crippen LogP) is 3.38. The Kier molecular flexibility index (Phi) is 5.76. The molecule has 3 nitrogen and oxygen atoms in total. The van der Waals surface area contributed by atoms with Gasteiger partial charge in [-0.15, -0.1) is 0 Å². The maximum Gasteiger partial charge on any atom is 0.305 e. The summed E-state index contributed by atoms with van der Waals surface area (Å²) in [6.07, 6.45) is 0.891. The smallest absolute Gasteiger partial charge is 0.305 e. The lowest BCUT2D eigenvalue weighted by Crippen LogP contribution is -2.17. The average molecular weight is 288 g/mol. The highest BCUT2D eigenvalue weighted by molar-refractivity contribution is 6.31. The van der Waals surface area contributed by atoms with Gasteiger partial charge in [-0.05, 0) is 36.5 Å². The molecule has 5 heteroatoms. The number of rotatable bonds is 5. The number of methoxy groups -OCH3 is 1. The second kappa shape index (κ2) is 6.87. The highest BCUT2D eigenvalue weighted by atomic mass is 35.5. The van der Waals surface area contributed by atoms with E-state index in [2.05, 4.69) is 4.74 Å². The zero-order valence-corrected chi connectivity index (χ0v) is 12.1. The van der Waals surface area contributed by atoms with Gasteiger partial charge in [-0.1, -0.05) is 24.6 Å². The lowest BCUT2D eigenvalue weighted by molar-refractivity contribution is -0.141. The molecule has 0 radical (unpaired) electrons. The molecule has 19 heavy (non-hydrogen) atoms.